The van der Waals surface area contributed by atoms with E-state index in [0.717, 1.165) is 0 Å². The van der Waals surface area contributed by atoms with E-state index in [1.54, 1.807) is 19.2 Å². The van der Waals surface area contributed by atoms with Crippen molar-refractivity contribution in [1.29, 1.82) is 5.26 Å². The lowest BCUT2D eigenvalue weighted by atomic mass is 10.1. The number of methoxy groups -OCH3 is 1. The SMILES string of the molecule is COCC(C)CC(=O)Nc1ccc(N)cc1C#N. The minimum absolute atomic E-state index is 0.134. The number of carbonyl (C=O) groups excluding carboxylic acids is 1. The summed E-state index contributed by atoms with van der Waals surface area (Å²) in [6.45, 7) is 2.46. The van der Waals surface area contributed by atoms with Crippen molar-refractivity contribution in [2.24, 2.45) is 5.92 Å². The molecule has 1 rings (SSSR count). The third-order valence-corrected chi connectivity index (χ3v) is 2.42. The summed E-state index contributed by atoms with van der Waals surface area (Å²) in [5.41, 5.74) is 6.92. The molecule has 0 spiro atoms. The molecule has 1 atom stereocenters. The number of hydrogen-bond donors (Lipinski definition) is 2. The molecule has 0 aliphatic rings. The Morgan fingerprint density at radius 3 is 2.94 bits per heavy atom. The van der Waals surface area contributed by atoms with Crippen molar-refractivity contribution in [3.8, 4) is 6.07 Å². The lowest BCUT2D eigenvalue weighted by Gasteiger charge is -2.11. The van der Waals surface area contributed by atoms with Crippen molar-refractivity contribution in [3.05, 3.63) is 23.8 Å². The summed E-state index contributed by atoms with van der Waals surface area (Å²) >= 11 is 0. The van der Waals surface area contributed by atoms with Gasteiger partial charge in [0, 0.05) is 25.8 Å². The summed E-state index contributed by atoms with van der Waals surface area (Å²) in [5, 5.41) is 11.7. The highest BCUT2D eigenvalue weighted by Gasteiger charge is 2.11. The van der Waals surface area contributed by atoms with Gasteiger partial charge in [0.05, 0.1) is 11.3 Å². The molecule has 96 valence electrons. The van der Waals surface area contributed by atoms with Gasteiger partial charge in [-0.3, -0.25) is 4.79 Å². The molecule has 5 nitrogen and oxygen atoms in total. The van der Waals surface area contributed by atoms with E-state index >= 15 is 0 Å². The minimum atomic E-state index is -0.138. The molecule has 0 heterocycles. The van der Waals surface area contributed by atoms with Crippen LogP contribution in [0, 0.1) is 17.2 Å². The van der Waals surface area contributed by atoms with E-state index < -0.39 is 0 Å². The van der Waals surface area contributed by atoms with Gasteiger partial charge in [-0.2, -0.15) is 5.26 Å². The maximum Gasteiger partial charge on any atom is 0.224 e. The molecule has 0 saturated heterocycles. The smallest absolute Gasteiger partial charge is 0.224 e. The zero-order chi connectivity index (χ0) is 13.5. The lowest BCUT2D eigenvalue weighted by Crippen LogP contribution is -2.18. The summed E-state index contributed by atoms with van der Waals surface area (Å²) in [6, 6.07) is 6.82. The maximum absolute atomic E-state index is 11.7. The normalized spacial score (nSPS) is 11.6. The fourth-order valence-electron chi connectivity index (χ4n) is 1.62. The highest BCUT2D eigenvalue weighted by atomic mass is 16.5. The molecule has 0 aliphatic heterocycles. The molecule has 0 aromatic heterocycles. The number of hydrogen-bond acceptors (Lipinski definition) is 4. The second kappa shape index (κ2) is 6.62. The Labute approximate surface area is 107 Å². The van der Waals surface area contributed by atoms with Gasteiger partial charge >= 0.3 is 0 Å². The van der Waals surface area contributed by atoms with Crippen LogP contribution in [0.25, 0.3) is 0 Å². The average molecular weight is 247 g/mol. The Balaban J connectivity index is 2.68. The standard InChI is InChI=1S/C13H17N3O2/c1-9(8-18-2)5-13(17)16-12-4-3-11(15)6-10(12)7-14/h3-4,6,9H,5,8,15H2,1-2H3,(H,16,17). The molecule has 1 amide bonds. The molecular formula is C13H17N3O2. The van der Waals surface area contributed by atoms with Gasteiger partial charge in [-0.15, -0.1) is 0 Å². The molecule has 1 aromatic rings. The van der Waals surface area contributed by atoms with Crippen LogP contribution in [0.15, 0.2) is 18.2 Å². The molecular weight excluding hydrogens is 230 g/mol. The molecule has 5 heteroatoms. The zero-order valence-corrected chi connectivity index (χ0v) is 10.6. The first-order valence-electron chi connectivity index (χ1n) is 5.65. The van der Waals surface area contributed by atoms with Crippen molar-refractivity contribution in [3.63, 3.8) is 0 Å². The maximum atomic E-state index is 11.7. The number of nitrogens with zero attached hydrogens (tertiary/aromatic N) is 1. The number of nitrogen functional groups attached to an aromatic ring is 1. The van der Waals surface area contributed by atoms with Gasteiger partial charge in [0.15, 0.2) is 0 Å². The third-order valence-electron chi connectivity index (χ3n) is 2.42. The Bertz CT molecular complexity index is 466. The Hall–Kier alpha value is -2.06. The minimum Gasteiger partial charge on any atom is -0.399 e. The van der Waals surface area contributed by atoms with E-state index in [0.29, 0.717) is 30.0 Å². The molecule has 0 saturated carbocycles. The quantitative estimate of drug-likeness (QED) is 0.776. The highest BCUT2D eigenvalue weighted by molar-refractivity contribution is 5.92. The van der Waals surface area contributed by atoms with Crippen molar-refractivity contribution >= 4 is 17.3 Å². The monoisotopic (exact) mass is 247 g/mol. The Kier molecular flexibility index (Phi) is 5.15. The number of rotatable bonds is 5. The number of nitriles is 1. The van der Waals surface area contributed by atoms with Crippen molar-refractivity contribution in [1.82, 2.24) is 0 Å². The predicted molar refractivity (Wildman–Crippen MR) is 69.9 cm³/mol. The van der Waals surface area contributed by atoms with E-state index in [1.165, 1.54) is 6.07 Å². The van der Waals surface area contributed by atoms with Crippen LogP contribution < -0.4 is 11.1 Å². The van der Waals surface area contributed by atoms with E-state index in [9.17, 15) is 4.79 Å². The van der Waals surface area contributed by atoms with E-state index in [1.807, 2.05) is 13.0 Å². The van der Waals surface area contributed by atoms with Crippen molar-refractivity contribution < 1.29 is 9.53 Å². The second-order valence-electron chi connectivity index (χ2n) is 4.23. The van der Waals surface area contributed by atoms with Crippen LogP contribution in [0.1, 0.15) is 18.9 Å². The summed E-state index contributed by atoms with van der Waals surface area (Å²) in [4.78, 5) is 11.7. The topological polar surface area (TPSA) is 88.1 Å². The molecule has 0 fully saturated rings. The van der Waals surface area contributed by atoms with Crippen LogP contribution in [0.5, 0.6) is 0 Å². The summed E-state index contributed by atoms with van der Waals surface area (Å²) < 4.78 is 4.97. The highest BCUT2D eigenvalue weighted by Crippen LogP contribution is 2.18. The molecule has 1 aromatic carbocycles. The van der Waals surface area contributed by atoms with Crippen LogP contribution >= 0.6 is 0 Å². The zero-order valence-electron chi connectivity index (χ0n) is 10.6. The summed E-state index contributed by atoms with van der Waals surface area (Å²) in [6.07, 6.45) is 0.350. The first kappa shape index (κ1) is 14.0. The van der Waals surface area contributed by atoms with Crippen LogP contribution in [-0.2, 0) is 9.53 Å². The van der Waals surface area contributed by atoms with Crippen LogP contribution in [0.3, 0.4) is 0 Å². The van der Waals surface area contributed by atoms with Gasteiger partial charge in [-0.1, -0.05) is 6.92 Å². The van der Waals surface area contributed by atoms with Gasteiger partial charge in [0.2, 0.25) is 5.91 Å². The molecule has 18 heavy (non-hydrogen) atoms. The van der Waals surface area contributed by atoms with Gasteiger partial charge in [-0.25, -0.2) is 0 Å². The van der Waals surface area contributed by atoms with E-state index in [-0.39, 0.29) is 11.8 Å². The number of nitrogens with one attached hydrogen (secondary N) is 1. The first-order chi connectivity index (χ1) is 8.56. The fraction of sp³-hybridized carbons (Fsp3) is 0.385. The molecule has 1 unspecified atom stereocenters. The Morgan fingerprint density at radius 2 is 2.33 bits per heavy atom. The van der Waals surface area contributed by atoms with Gasteiger partial charge in [0.1, 0.15) is 6.07 Å². The summed E-state index contributed by atoms with van der Waals surface area (Å²) in [5.74, 6) is -0.00450. The van der Waals surface area contributed by atoms with Crippen LogP contribution in [0.2, 0.25) is 0 Å². The van der Waals surface area contributed by atoms with Crippen molar-refractivity contribution in [2.75, 3.05) is 24.8 Å². The fourth-order valence-corrected chi connectivity index (χ4v) is 1.62. The Morgan fingerprint density at radius 1 is 1.61 bits per heavy atom. The number of amides is 1. The van der Waals surface area contributed by atoms with Gasteiger partial charge in [-0.05, 0) is 24.1 Å². The molecule has 0 aliphatic carbocycles. The lowest BCUT2D eigenvalue weighted by molar-refractivity contribution is -0.117. The van der Waals surface area contributed by atoms with Crippen LogP contribution in [-0.4, -0.2) is 19.6 Å². The van der Waals surface area contributed by atoms with Crippen LogP contribution in [0.4, 0.5) is 11.4 Å². The average Bonchev–Trinajstić information content (AvgIpc) is 2.31. The first-order valence-corrected chi connectivity index (χ1v) is 5.65. The van der Waals surface area contributed by atoms with Gasteiger partial charge in [0.25, 0.3) is 0 Å². The van der Waals surface area contributed by atoms with Crippen molar-refractivity contribution in [2.45, 2.75) is 13.3 Å². The molecule has 0 radical (unpaired) electrons. The predicted octanol–water partition coefficient (Wildman–Crippen LogP) is 1.75. The number of nitrogens with two attached hydrogens (primary N) is 1. The number of anilines is 2. The number of ether oxygens (including phenoxy) is 1. The summed E-state index contributed by atoms with van der Waals surface area (Å²) in [7, 11) is 1.60. The largest absolute Gasteiger partial charge is 0.399 e. The molecule has 3 N–H and O–H groups in total. The molecule has 0 bridgehead atoms. The van der Waals surface area contributed by atoms with Gasteiger partial charge < -0.3 is 15.8 Å². The second-order valence-corrected chi connectivity index (χ2v) is 4.23. The van der Waals surface area contributed by atoms with E-state index in [2.05, 4.69) is 5.32 Å². The van der Waals surface area contributed by atoms with E-state index in [4.69, 9.17) is 15.7 Å². The number of benzene rings is 1. The third kappa shape index (κ3) is 4.07. The number of carbonyl (C=O) groups is 1.